The quantitative estimate of drug-likeness (QED) is 0.793. The topological polar surface area (TPSA) is 23.9 Å². The Bertz CT molecular complexity index is 385. The lowest BCUT2D eigenvalue weighted by Gasteiger charge is -2.10. The van der Waals surface area contributed by atoms with Gasteiger partial charge in [0, 0.05) is 10.0 Å². The Morgan fingerprint density at radius 3 is 2.47 bits per heavy atom. The van der Waals surface area contributed by atoms with Gasteiger partial charge in [-0.3, -0.25) is 5.41 Å². The van der Waals surface area contributed by atoms with E-state index >= 15 is 0 Å². The zero-order valence-corrected chi connectivity index (χ0v) is 9.54. The molecular weight excluding hydrogens is 271 g/mol. The zero-order valence-electron chi connectivity index (χ0n) is 7.95. The average Bonchev–Trinajstić information content (AvgIpc) is 2.16. The smallest absolute Gasteiger partial charge is 0.296 e. The molecule has 0 aliphatic heterocycles. The van der Waals surface area contributed by atoms with Crippen molar-refractivity contribution < 1.29 is 13.2 Å². The lowest BCUT2D eigenvalue weighted by molar-refractivity contribution is -0.0587. The fourth-order valence-corrected chi connectivity index (χ4v) is 1.69. The minimum atomic E-state index is -4.58. The van der Waals surface area contributed by atoms with Crippen LogP contribution in [0.3, 0.4) is 0 Å². The van der Waals surface area contributed by atoms with Gasteiger partial charge >= 0.3 is 6.18 Å². The number of alkyl halides is 3. The van der Waals surface area contributed by atoms with E-state index in [-0.39, 0.29) is 5.56 Å². The summed E-state index contributed by atoms with van der Waals surface area (Å²) in [6.45, 7) is 1.85. The molecule has 0 saturated heterocycles. The highest BCUT2D eigenvalue weighted by molar-refractivity contribution is 9.10. The van der Waals surface area contributed by atoms with Crippen molar-refractivity contribution in [1.82, 2.24) is 0 Å². The van der Waals surface area contributed by atoms with Gasteiger partial charge in [-0.15, -0.1) is 0 Å². The highest BCUT2D eigenvalue weighted by Gasteiger charge is 2.35. The molecular formula is C10H9BrF3N. The van der Waals surface area contributed by atoms with E-state index in [1.807, 2.05) is 6.92 Å². The molecule has 0 atom stereocenters. The first-order valence-corrected chi connectivity index (χ1v) is 5.10. The van der Waals surface area contributed by atoms with Crippen LogP contribution in [0.5, 0.6) is 0 Å². The number of halogens is 4. The number of rotatable bonds is 2. The Morgan fingerprint density at radius 2 is 2.00 bits per heavy atom. The summed E-state index contributed by atoms with van der Waals surface area (Å²) in [7, 11) is 0. The summed E-state index contributed by atoms with van der Waals surface area (Å²) in [5, 5.41) is 6.98. The summed E-state index contributed by atoms with van der Waals surface area (Å²) >= 11 is 3.24. The van der Waals surface area contributed by atoms with E-state index in [9.17, 15) is 13.2 Å². The molecule has 0 fully saturated rings. The van der Waals surface area contributed by atoms with Crippen LogP contribution in [0.2, 0.25) is 0 Å². The van der Waals surface area contributed by atoms with Gasteiger partial charge in [0.25, 0.3) is 0 Å². The van der Waals surface area contributed by atoms with Crippen LogP contribution in [0, 0.1) is 5.41 Å². The fourth-order valence-electron chi connectivity index (χ4n) is 1.16. The van der Waals surface area contributed by atoms with Crippen molar-refractivity contribution in [3.8, 4) is 0 Å². The molecule has 0 bridgehead atoms. The van der Waals surface area contributed by atoms with E-state index in [1.165, 1.54) is 18.2 Å². The Labute approximate surface area is 93.9 Å². The van der Waals surface area contributed by atoms with Crippen molar-refractivity contribution >= 4 is 21.6 Å². The highest BCUT2D eigenvalue weighted by Crippen LogP contribution is 2.25. The first-order chi connectivity index (χ1) is 6.86. The van der Waals surface area contributed by atoms with Crippen molar-refractivity contribution in [1.29, 1.82) is 5.41 Å². The van der Waals surface area contributed by atoms with Gasteiger partial charge in [0.2, 0.25) is 0 Å². The maximum Gasteiger partial charge on any atom is 0.433 e. The van der Waals surface area contributed by atoms with Gasteiger partial charge < -0.3 is 0 Å². The molecule has 0 unspecified atom stereocenters. The van der Waals surface area contributed by atoms with Gasteiger partial charge in [0.1, 0.15) is 5.71 Å². The van der Waals surface area contributed by atoms with E-state index in [0.29, 0.717) is 6.42 Å². The van der Waals surface area contributed by atoms with Gasteiger partial charge in [-0.2, -0.15) is 13.2 Å². The van der Waals surface area contributed by atoms with Crippen LogP contribution < -0.4 is 0 Å². The van der Waals surface area contributed by atoms with E-state index in [4.69, 9.17) is 5.41 Å². The second-order valence-electron chi connectivity index (χ2n) is 3.03. The van der Waals surface area contributed by atoms with E-state index < -0.39 is 11.9 Å². The molecule has 0 aliphatic rings. The molecule has 5 heteroatoms. The maximum absolute atomic E-state index is 12.2. The van der Waals surface area contributed by atoms with E-state index in [1.54, 1.807) is 0 Å². The van der Waals surface area contributed by atoms with Crippen LogP contribution in [0.4, 0.5) is 13.2 Å². The second-order valence-corrected chi connectivity index (χ2v) is 3.89. The monoisotopic (exact) mass is 279 g/mol. The molecule has 1 rings (SSSR count). The third-order valence-corrected chi connectivity index (χ3v) is 2.77. The molecule has 0 radical (unpaired) electrons. The van der Waals surface area contributed by atoms with Crippen LogP contribution >= 0.6 is 15.9 Å². The first kappa shape index (κ1) is 12.2. The Kier molecular flexibility index (Phi) is 3.54. The van der Waals surface area contributed by atoms with E-state index in [2.05, 4.69) is 15.9 Å². The van der Waals surface area contributed by atoms with Crippen LogP contribution in [0.1, 0.15) is 18.1 Å². The van der Waals surface area contributed by atoms with E-state index in [0.717, 1.165) is 10.0 Å². The van der Waals surface area contributed by atoms with Gasteiger partial charge in [-0.1, -0.05) is 28.9 Å². The number of benzene rings is 1. The SMILES string of the molecule is CCc1cc(C(=N)C(F)(F)F)ccc1Br. The molecule has 1 aromatic rings. The number of aryl methyl sites for hydroxylation is 1. The molecule has 1 N–H and O–H groups in total. The molecule has 15 heavy (non-hydrogen) atoms. The highest BCUT2D eigenvalue weighted by atomic mass is 79.9. The Morgan fingerprint density at radius 1 is 1.40 bits per heavy atom. The van der Waals surface area contributed by atoms with Crippen LogP contribution in [0.15, 0.2) is 22.7 Å². The van der Waals surface area contributed by atoms with Gasteiger partial charge in [0.05, 0.1) is 0 Å². The van der Waals surface area contributed by atoms with Crippen molar-refractivity contribution in [3.05, 3.63) is 33.8 Å². The minimum Gasteiger partial charge on any atom is -0.296 e. The second kappa shape index (κ2) is 4.35. The van der Waals surface area contributed by atoms with Crippen LogP contribution in [-0.4, -0.2) is 11.9 Å². The number of nitrogens with one attached hydrogen (secondary N) is 1. The predicted octanol–water partition coefficient (Wildman–Crippen LogP) is 3.94. The Balaban J connectivity index is 3.12. The van der Waals surface area contributed by atoms with Crippen LogP contribution in [-0.2, 0) is 6.42 Å². The third kappa shape index (κ3) is 2.81. The maximum atomic E-state index is 12.2. The molecule has 0 aromatic heterocycles. The summed E-state index contributed by atoms with van der Waals surface area (Å²) in [5.41, 5.74) is -0.631. The molecule has 0 amide bonds. The standard InChI is InChI=1S/C10H9BrF3N/c1-2-6-5-7(3-4-8(6)11)9(15)10(12,13)14/h3-5,15H,2H2,1H3. The Hall–Kier alpha value is -0.840. The summed E-state index contributed by atoms with van der Waals surface area (Å²) in [6.07, 6.45) is -3.96. The van der Waals surface area contributed by atoms with Crippen molar-refractivity contribution in [2.24, 2.45) is 0 Å². The lowest BCUT2D eigenvalue weighted by Crippen LogP contribution is -2.22. The van der Waals surface area contributed by atoms with Gasteiger partial charge in [0.15, 0.2) is 0 Å². The van der Waals surface area contributed by atoms with Gasteiger partial charge in [-0.25, -0.2) is 0 Å². The minimum absolute atomic E-state index is 0.0949. The molecule has 0 aliphatic carbocycles. The third-order valence-electron chi connectivity index (χ3n) is 2.00. The summed E-state index contributed by atoms with van der Waals surface area (Å²) < 4.78 is 37.5. The summed E-state index contributed by atoms with van der Waals surface area (Å²) in [4.78, 5) is 0. The molecule has 0 heterocycles. The largest absolute Gasteiger partial charge is 0.433 e. The fraction of sp³-hybridized carbons (Fsp3) is 0.300. The normalized spacial score (nSPS) is 11.5. The van der Waals surface area contributed by atoms with Gasteiger partial charge in [-0.05, 0) is 24.1 Å². The molecule has 0 spiro atoms. The number of hydrogen-bond acceptors (Lipinski definition) is 1. The molecule has 82 valence electrons. The lowest BCUT2D eigenvalue weighted by atomic mass is 10.1. The molecule has 0 saturated carbocycles. The van der Waals surface area contributed by atoms with Crippen molar-refractivity contribution in [3.63, 3.8) is 0 Å². The van der Waals surface area contributed by atoms with Crippen LogP contribution in [0.25, 0.3) is 0 Å². The van der Waals surface area contributed by atoms with Crippen molar-refractivity contribution in [2.75, 3.05) is 0 Å². The first-order valence-electron chi connectivity index (χ1n) is 4.30. The zero-order chi connectivity index (χ0) is 11.6. The molecule has 1 nitrogen and oxygen atoms in total. The van der Waals surface area contributed by atoms with Crippen molar-refractivity contribution in [2.45, 2.75) is 19.5 Å². The summed E-state index contributed by atoms with van der Waals surface area (Å²) in [6, 6.07) is 4.22. The predicted molar refractivity (Wildman–Crippen MR) is 56.4 cm³/mol. The molecule has 1 aromatic carbocycles. The number of hydrogen-bond donors (Lipinski definition) is 1. The summed E-state index contributed by atoms with van der Waals surface area (Å²) in [5.74, 6) is 0. The average molecular weight is 280 g/mol.